The molecule has 10 heavy (non-hydrogen) atoms. The first-order valence-corrected chi connectivity index (χ1v) is 3.48. The first kappa shape index (κ1) is 9.27. The molecule has 0 rings (SSSR count). The van der Waals surface area contributed by atoms with Gasteiger partial charge in [-0.2, -0.15) is 5.10 Å². The first-order chi connectivity index (χ1) is 4.45. The van der Waals surface area contributed by atoms with Crippen molar-refractivity contribution >= 4 is 5.84 Å². The van der Waals surface area contributed by atoms with Gasteiger partial charge in [-0.15, -0.1) is 0 Å². The lowest BCUT2D eigenvalue weighted by molar-refractivity contribution is 0.385. The Hall–Kier alpha value is -0.730. The molecule has 0 amide bonds. The van der Waals surface area contributed by atoms with Crippen molar-refractivity contribution in [2.75, 3.05) is 0 Å². The number of hydrogen-bond acceptors (Lipinski definition) is 2. The summed E-state index contributed by atoms with van der Waals surface area (Å²) in [6.07, 6.45) is 1.82. The van der Waals surface area contributed by atoms with Gasteiger partial charge >= 0.3 is 0 Å². The van der Waals surface area contributed by atoms with E-state index in [9.17, 15) is 0 Å². The van der Waals surface area contributed by atoms with Gasteiger partial charge in [-0.05, 0) is 11.8 Å². The molecular formula is C7H17N3. The molecule has 4 N–H and O–H groups in total. The zero-order chi connectivity index (χ0) is 8.20. The van der Waals surface area contributed by atoms with Crippen LogP contribution in [0.5, 0.6) is 0 Å². The maximum atomic E-state index is 5.41. The Bertz CT molecular complexity index is 121. The highest BCUT2D eigenvalue weighted by molar-refractivity contribution is 5.79. The molecular weight excluding hydrogens is 126 g/mol. The van der Waals surface area contributed by atoms with Crippen LogP contribution >= 0.6 is 0 Å². The van der Waals surface area contributed by atoms with Gasteiger partial charge in [0.2, 0.25) is 0 Å². The Kier molecular flexibility index (Phi) is 3.19. The van der Waals surface area contributed by atoms with E-state index in [4.69, 9.17) is 11.6 Å². The van der Waals surface area contributed by atoms with E-state index in [-0.39, 0.29) is 0 Å². The van der Waals surface area contributed by atoms with E-state index < -0.39 is 0 Å². The van der Waals surface area contributed by atoms with E-state index in [1.165, 1.54) is 0 Å². The summed E-state index contributed by atoms with van der Waals surface area (Å²) in [6, 6.07) is 0. The van der Waals surface area contributed by atoms with Gasteiger partial charge in [0.05, 0.1) is 0 Å². The van der Waals surface area contributed by atoms with Crippen molar-refractivity contribution in [3.05, 3.63) is 0 Å². The molecule has 0 aromatic rings. The quantitative estimate of drug-likeness (QED) is 0.262. The first-order valence-electron chi connectivity index (χ1n) is 3.48. The molecule has 0 unspecified atom stereocenters. The maximum absolute atomic E-state index is 5.41. The lowest BCUT2D eigenvalue weighted by atomic mass is 9.90. The summed E-state index contributed by atoms with van der Waals surface area (Å²) in [5.74, 6) is 5.50. The maximum Gasteiger partial charge on any atom is 0.119 e. The number of nitrogens with zero attached hydrogens (tertiary/aromatic N) is 1. The highest BCUT2D eigenvalue weighted by Gasteiger charge is 2.09. The number of amidine groups is 1. The third-order valence-corrected chi connectivity index (χ3v) is 1.30. The Morgan fingerprint density at radius 3 is 2.20 bits per heavy atom. The molecule has 3 nitrogen and oxygen atoms in total. The smallest absolute Gasteiger partial charge is 0.119 e. The molecule has 0 aromatic heterocycles. The van der Waals surface area contributed by atoms with Gasteiger partial charge in [0.1, 0.15) is 5.84 Å². The van der Waals surface area contributed by atoms with Crippen LogP contribution in [0.1, 0.15) is 33.6 Å². The minimum Gasteiger partial charge on any atom is -0.386 e. The van der Waals surface area contributed by atoms with Crippen molar-refractivity contribution in [3.63, 3.8) is 0 Å². The minimum atomic E-state index is 0.315. The molecule has 0 fully saturated rings. The minimum absolute atomic E-state index is 0.315. The summed E-state index contributed by atoms with van der Waals surface area (Å²) in [7, 11) is 0. The van der Waals surface area contributed by atoms with E-state index in [1.54, 1.807) is 0 Å². The fraction of sp³-hybridized carbons (Fsp3) is 0.857. The van der Waals surface area contributed by atoms with Crippen molar-refractivity contribution in [3.8, 4) is 0 Å². The summed E-state index contributed by atoms with van der Waals surface area (Å²) in [5.41, 5.74) is 5.72. The van der Waals surface area contributed by atoms with Crippen molar-refractivity contribution in [1.29, 1.82) is 0 Å². The van der Waals surface area contributed by atoms with Crippen molar-refractivity contribution in [2.24, 2.45) is 22.1 Å². The molecule has 0 spiro atoms. The average Bonchev–Trinajstić information content (AvgIpc) is 1.81. The van der Waals surface area contributed by atoms with Crippen LogP contribution in [0.4, 0.5) is 0 Å². The molecule has 3 heteroatoms. The SMILES string of the molecule is CC(C)(C)CC/C(N)=N/N. The average molecular weight is 143 g/mol. The highest BCUT2D eigenvalue weighted by atomic mass is 15.1. The van der Waals surface area contributed by atoms with Crippen molar-refractivity contribution < 1.29 is 0 Å². The highest BCUT2D eigenvalue weighted by Crippen LogP contribution is 2.19. The number of hydrazone groups is 1. The predicted octanol–water partition coefficient (Wildman–Crippen LogP) is 1.04. The fourth-order valence-electron chi connectivity index (χ4n) is 0.568. The Balaban J connectivity index is 3.56. The van der Waals surface area contributed by atoms with Crippen LogP contribution in [0.3, 0.4) is 0 Å². The number of nitrogens with two attached hydrogens (primary N) is 2. The van der Waals surface area contributed by atoms with E-state index in [0.29, 0.717) is 11.3 Å². The lowest BCUT2D eigenvalue weighted by Gasteiger charge is -2.16. The second-order valence-corrected chi connectivity index (χ2v) is 3.68. The van der Waals surface area contributed by atoms with Crippen LogP contribution in [0.15, 0.2) is 5.10 Å². The predicted molar refractivity (Wildman–Crippen MR) is 44.5 cm³/mol. The van der Waals surface area contributed by atoms with Crippen molar-refractivity contribution in [2.45, 2.75) is 33.6 Å². The number of rotatable bonds is 2. The Morgan fingerprint density at radius 2 is 1.90 bits per heavy atom. The number of hydrogen-bond donors (Lipinski definition) is 2. The van der Waals surface area contributed by atoms with Crippen LogP contribution in [-0.4, -0.2) is 5.84 Å². The molecule has 0 aliphatic carbocycles. The van der Waals surface area contributed by atoms with Gasteiger partial charge in [0.15, 0.2) is 0 Å². The lowest BCUT2D eigenvalue weighted by Crippen LogP contribution is -2.17. The monoisotopic (exact) mass is 143 g/mol. The Labute approximate surface area is 62.5 Å². The summed E-state index contributed by atoms with van der Waals surface area (Å²) < 4.78 is 0. The van der Waals surface area contributed by atoms with E-state index in [0.717, 1.165) is 12.8 Å². The van der Waals surface area contributed by atoms with E-state index in [2.05, 4.69) is 25.9 Å². The van der Waals surface area contributed by atoms with Crippen LogP contribution in [0.25, 0.3) is 0 Å². The van der Waals surface area contributed by atoms with Gasteiger partial charge < -0.3 is 11.6 Å². The largest absolute Gasteiger partial charge is 0.386 e. The molecule has 0 radical (unpaired) electrons. The summed E-state index contributed by atoms with van der Waals surface area (Å²) in [4.78, 5) is 0. The van der Waals surface area contributed by atoms with Gasteiger partial charge in [-0.3, -0.25) is 0 Å². The van der Waals surface area contributed by atoms with Gasteiger partial charge in [-0.25, -0.2) is 0 Å². The van der Waals surface area contributed by atoms with E-state index in [1.807, 2.05) is 0 Å². The van der Waals surface area contributed by atoms with Gasteiger partial charge in [0, 0.05) is 6.42 Å². The molecule has 0 atom stereocenters. The third kappa shape index (κ3) is 5.41. The Morgan fingerprint density at radius 1 is 1.40 bits per heavy atom. The summed E-state index contributed by atoms with van der Waals surface area (Å²) in [6.45, 7) is 6.49. The second kappa shape index (κ2) is 3.44. The molecule has 0 aliphatic rings. The van der Waals surface area contributed by atoms with Gasteiger partial charge in [0.25, 0.3) is 0 Å². The van der Waals surface area contributed by atoms with Crippen molar-refractivity contribution in [1.82, 2.24) is 0 Å². The van der Waals surface area contributed by atoms with Crippen LogP contribution in [-0.2, 0) is 0 Å². The zero-order valence-corrected chi connectivity index (χ0v) is 7.02. The fourth-order valence-corrected chi connectivity index (χ4v) is 0.568. The second-order valence-electron chi connectivity index (χ2n) is 3.68. The van der Waals surface area contributed by atoms with Gasteiger partial charge in [-0.1, -0.05) is 20.8 Å². The molecule has 0 bridgehead atoms. The molecule has 0 saturated heterocycles. The molecule has 0 saturated carbocycles. The topological polar surface area (TPSA) is 64.4 Å². The third-order valence-electron chi connectivity index (χ3n) is 1.30. The normalized spacial score (nSPS) is 13.7. The molecule has 0 aliphatic heterocycles. The summed E-state index contributed by atoms with van der Waals surface area (Å²) >= 11 is 0. The standard InChI is InChI=1S/C7H17N3/c1-7(2,3)5-4-6(8)10-9/h4-5,9H2,1-3H3,(H2,8,10). The zero-order valence-electron chi connectivity index (χ0n) is 7.02. The van der Waals surface area contributed by atoms with Crippen LogP contribution < -0.4 is 11.6 Å². The summed E-state index contributed by atoms with van der Waals surface area (Å²) in [5, 5.41) is 3.39. The molecule has 0 aromatic carbocycles. The van der Waals surface area contributed by atoms with Crippen LogP contribution in [0, 0.1) is 5.41 Å². The van der Waals surface area contributed by atoms with E-state index >= 15 is 0 Å². The molecule has 60 valence electrons. The van der Waals surface area contributed by atoms with Crippen LogP contribution in [0.2, 0.25) is 0 Å². The molecule has 0 heterocycles.